The molecule has 0 amide bonds. The molecule has 1 aromatic carbocycles. The lowest BCUT2D eigenvalue weighted by molar-refractivity contribution is 0.418. The lowest BCUT2D eigenvalue weighted by Gasteiger charge is -2.16. The molecule has 3 nitrogen and oxygen atoms in total. The average molecular weight is 283 g/mol. The summed E-state index contributed by atoms with van der Waals surface area (Å²) in [7, 11) is 0. The predicted molar refractivity (Wildman–Crippen MR) is 87.9 cm³/mol. The topological polar surface area (TPSA) is 54.7 Å². The van der Waals surface area contributed by atoms with Crippen LogP contribution in [0.4, 0.5) is 0 Å². The van der Waals surface area contributed by atoms with Crippen molar-refractivity contribution >= 4 is 10.9 Å². The number of nitrogens with zero attached hydrogens (tertiary/aromatic N) is 2. The Morgan fingerprint density at radius 1 is 1.33 bits per heavy atom. The van der Waals surface area contributed by atoms with Crippen LogP contribution in [0.25, 0.3) is 10.9 Å². The van der Waals surface area contributed by atoms with E-state index in [2.05, 4.69) is 41.1 Å². The molecule has 3 heteroatoms. The van der Waals surface area contributed by atoms with Gasteiger partial charge in [-0.1, -0.05) is 18.2 Å². The number of hydrogen-bond acceptors (Lipinski definition) is 2. The summed E-state index contributed by atoms with van der Waals surface area (Å²) in [6, 6.07) is 11.1. The predicted octanol–water partition coefficient (Wildman–Crippen LogP) is 3.86. The van der Waals surface area contributed by atoms with E-state index in [0.717, 1.165) is 25.8 Å². The van der Waals surface area contributed by atoms with Crippen LogP contribution >= 0.6 is 0 Å². The number of rotatable bonds is 6. The van der Waals surface area contributed by atoms with E-state index in [0.29, 0.717) is 0 Å². The van der Waals surface area contributed by atoms with Gasteiger partial charge in [0.05, 0.1) is 17.0 Å². The monoisotopic (exact) mass is 283 g/mol. The maximum atomic E-state index is 9.10. The van der Waals surface area contributed by atoms with Gasteiger partial charge in [-0.15, -0.1) is 0 Å². The number of benzene rings is 1. The summed E-state index contributed by atoms with van der Waals surface area (Å²) < 4.78 is 2.31. The van der Waals surface area contributed by atoms with E-state index < -0.39 is 0 Å². The van der Waals surface area contributed by atoms with Crippen molar-refractivity contribution in [2.75, 3.05) is 0 Å². The molecule has 21 heavy (non-hydrogen) atoms. The number of aryl methyl sites for hydroxylation is 1. The highest BCUT2D eigenvalue weighted by Crippen LogP contribution is 2.24. The zero-order valence-corrected chi connectivity index (χ0v) is 13.3. The second-order valence-corrected chi connectivity index (χ2v) is 6.64. The minimum Gasteiger partial charge on any atom is -0.347 e. The lowest BCUT2D eigenvalue weighted by atomic mass is 9.90. The number of hydrogen-bond donors (Lipinski definition) is 1. The van der Waals surface area contributed by atoms with Crippen molar-refractivity contribution < 1.29 is 0 Å². The Kier molecular flexibility index (Phi) is 4.69. The number of para-hydroxylation sites is 1. The van der Waals surface area contributed by atoms with Crippen molar-refractivity contribution in [2.24, 2.45) is 11.1 Å². The van der Waals surface area contributed by atoms with Crippen LogP contribution in [0, 0.1) is 16.7 Å². The Balaban J connectivity index is 2.19. The molecule has 0 spiro atoms. The molecule has 1 atom stereocenters. The smallest absolute Gasteiger partial charge is 0.0683 e. The van der Waals surface area contributed by atoms with E-state index in [1.54, 1.807) is 0 Å². The van der Waals surface area contributed by atoms with Gasteiger partial charge < -0.3 is 10.3 Å². The van der Waals surface area contributed by atoms with Gasteiger partial charge in [-0.3, -0.25) is 0 Å². The van der Waals surface area contributed by atoms with E-state index >= 15 is 0 Å². The third-order valence-corrected chi connectivity index (χ3v) is 3.92. The second kappa shape index (κ2) is 6.32. The standard InChI is InChI=1S/C18H25N3/c1-14(20)12-16-7-4-6-15-8-11-21(17(15)16)10-5-9-18(2,3)13-19/h4,6-8,11,14H,5,9-10,12,20H2,1-3H3. The van der Waals surface area contributed by atoms with Gasteiger partial charge in [-0.2, -0.15) is 5.26 Å². The Bertz CT molecular complexity index is 644. The fourth-order valence-electron chi connectivity index (χ4n) is 2.79. The van der Waals surface area contributed by atoms with Gasteiger partial charge in [0.15, 0.2) is 0 Å². The molecular formula is C18H25N3. The lowest BCUT2D eigenvalue weighted by Crippen LogP contribution is -2.18. The highest BCUT2D eigenvalue weighted by Gasteiger charge is 2.16. The summed E-state index contributed by atoms with van der Waals surface area (Å²) in [6.07, 6.45) is 4.97. The van der Waals surface area contributed by atoms with Crippen LogP contribution in [0.2, 0.25) is 0 Å². The first-order valence-corrected chi connectivity index (χ1v) is 7.66. The Labute approximate surface area is 127 Å². The van der Waals surface area contributed by atoms with Crippen molar-refractivity contribution in [3.05, 3.63) is 36.0 Å². The van der Waals surface area contributed by atoms with Gasteiger partial charge in [-0.05, 0) is 57.0 Å². The van der Waals surface area contributed by atoms with Gasteiger partial charge in [0, 0.05) is 18.8 Å². The first kappa shape index (κ1) is 15.6. The molecule has 1 aromatic heterocycles. The van der Waals surface area contributed by atoms with Crippen LogP contribution in [0.5, 0.6) is 0 Å². The summed E-state index contributed by atoms with van der Waals surface area (Å²) in [5.74, 6) is 0. The molecule has 0 bridgehead atoms. The summed E-state index contributed by atoms with van der Waals surface area (Å²) in [6.45, 7) is 7.00. The summed E-state index contributed by atoms with van der Waals surface area (Å²) >= 11 is 0. The fourth-order valence-corrected chi connectivity index (χ4v) is 2.79. The van der Waals surface area contributed by atoms with Gasteiger partial charge in [0.25, 0.3) is 0 Å². The van der Waals surface area contributed by atoms with Crippen molar-refractivity contribution in [2.45, 2.75) is 52.6 Å². The minimum absolute atomic E-state index is 0.163. The average Bonchev–Trinajstić information content (AvgIpc) is 2.82. The Hall–Kier alpha value is -1.79. The molecule has 0 radical (unpaired) electrons. The van der Waals surface area contributed by atoms with Crippen LogP contribution in [-0.2, 0) is 13.0 Å². The normalized spacial score (nSPS) is 13.3. The highest BCUT2D eigenvalue weighted by molar-refractivity contribution is 5.83. The minimum atomic E-state index is -0.239. The molecule has 1 unspecified atom stereocenters. The van der Waals surface area contributed by atoms with Gasteiger partial charge in [0.2, 0.25) is 0 Å². The quantitative estimate of drug-likeness (QED) is 0.875. The van der Waals surface area contributed by atoms with Gasteiger partial charge in [-0.25, -0.2) is 0 Å². The maximum Gasteiger partial charge on any atom is 0.0683 e. The summed E-state index contributed by atoms with van der Waals surface area (Å²) in [5.41, 5.74) is 8.33. The van der Waals surface area contributed by atoms with Crippen LogP contribution in [0.3, 0.4) is 0 Å². The molecule has 0 fully saturated rings. The van der Waals surface area contributed by atoms with Gasteiger partial charge >= 0.3 is 0 Å². The maximum absolute atomic E-state index is 9.10. The van der Waals surface area contributed by atoms with E-state index in [1.807, 2.05) is 20.8 Å². The van der Waals surface area contributed by atoms with Crippen molar-refractivity contribution in [1.29, 1.82) is 5.26 Å². The van der Waals surface area contributed by atoms with Crippen LogP contribution < -0.4 is 5.73 Å². The SMILES string of the molecule is CC(N)Cc1cccc2ccn(CCCC(C)(C)C#N)c12. The summed E-state index contributed by atoms with van der Waals surface area (Å²) in [5, 5.41) is 10.4. The molecule has 1 heterocycles. The Morgan fingerprint density at radius 3 is 2.76 bits per heavy atom. The van der Waals surface area contributed by atoms with Gasteiger partial charge in [0.1, 0.15) is 0 Å². The number of fused-ring (bicyclic) bond motifs is 1. The zero-order chi connectivity index (χ0) is 15.5. The molecule has 2 aromatic rings. The first-order valence-electron chi connectivity index (χ1n) is 7.66. The number of aromatic nitrogens is 1. The Morgan fingerprint density at radius 2 is 2.10 bits per heavy atom. The third kappa shape index (κ3) is 3.86. The van der Waals surface area contributed by atoms with Crippen LogP contribution in [0.15, 0.2) is 30.5 Å². The molecule has 0 saturated heterocycles. The molecule has 0 aliphatic heterocycles. The molecule has 112 valence electrons. The zero-order valence-electron chi connectivity index (χ0n) is 13.3. The largest absolute Gasteiger partial charge is 0.347 e. The molecule has 0 saturated carbocycles. The third-order valence-electron chi connectivity index (χ3n) is 3.92. The van der Waals surface area contributed by atoms with Crippen molar-refractivity contribution in [1.82, 2.24) is 4.57 Å². The second-order valence-electron chi connectivity index (χ2n) is 6.64. The van der Waals surface area contributed by atoms with Crippen molar-refractivity contribution in [3.8, 4) is 6.07 Å². The first-order chi connectivity index (χ1) is 9.93. The molecule has 2 N–H and O–H groups in total. The van der Waals surface area contributed by atoms with E-state index in [4.69, 9.17) is 11.0 Å². The van der Waals surface area contributed by atoms with E-state index in [-0.39, 0.29) is 11.5 Å². The highest BCUT2D eigenvalue weighted by atomic mass is 15.0. The molecular weight excluding hydrogens is 258 g/mol. The van der Waals surface area contributed by atoms with Crippen molar-refractivity contribution in [3.63, 3.8) is 0 Å². The van der Waals surface area contributed by atoms with Crippen LogP contribution in [0.1, 0.15) is 39.2 Å². The fraction of sp³-hybridized carbons (Fsp3) is 0.500. The van der Waals surface area contributed by atoms with Crippen LogP contribution in [-0.4, -0.2) is 10.6 Å². The number of nitrogens with two attached hydrogens (primary N) is 1. The molecule has 0 aliphatic rings. The number of nitriles is 1. The summed E-state index contributed by atoms with van der Waals surface area (Å²) in [4.78, 5) is 0. The molecule has 2 rings (SSSR count). The van der Waals surface area contributed by atoms with E-state index in [1.165, 1.54) is 16.5 Å². The molecule has 0 aliphatic carbocycles. The van der Waals surface area contributed by atoms with E-state index in [9.17, 15) is 0 Å².